The number of fused-ring (bicyclic) bond motifs is 1. The van der Waals surface area contributed by atoms with Gasteiger partial charge in [-0.2, -0.15) is 0 Å². The summed E-state index contributed by atoms with van der Waals surface area (Å²) in [7, 11) is 0. The van der Waals surface area contributed by atoms with Crippen LogP contribution in [0, 0.1) is 12.3 Å². The molecule has 0 amide bonds. The fourth-order valence-corrected chi connectivity index (χ4v) is 5.19. The summed E-state index contributed by atoms with van der Waals surface area (Å²) in [6.45, 7) is 10.8. The zero-order chi connectivity index (χ0) is 25.9. The van der Waals surface area contributed by atoms with Gasteiger partial charge in [0, 0.05) is 17.7 Å². The lowest BCUT2D eigenvalue weighted by Gasteiger charge is -2.34. The number of anilines is 2. The Morgan fingerprint density at radius 3 is 2.64 bits per heavy atom. The third-order valence-corrected chi connectivity index (χ3v) is 6.86. The highest BCUT2D eigenvalue weighted by Gasteiger charge is 2.39. The molecule has 1 unspecified atom stereocenters. The van der Waals surface area contributed by atoms with Gasteiger partial charge in [0.25, 0.3) is 0 Å². The highest BCUT2D eigenvalue weighted by molar-refractivity contribution is 6.01. The number of ether oxygens (including phenoxy) is 1. The molecule has 5 rings (SSSR count). The minimum absolute atomic E-state index is 0.138. The topological polar surface area (TPSA) is 70.6 Å². The van der Waals surface area contributed by atoms with Gasteiger partial charge in [-0.3, -0.25) is 4.79 Å². The van der Waals surface area contributed by atoms with Crippen molar-refractivity contribution in [2.24, 2.45) is 5.41 Å². The molecule has 0 aromatic heterocycles. The van der Waals surface area contributed by atoms with E-state index in [-0.39, 0.29) is 23.0 Å². The maximum Gasteiger partial charge on any atom is 0.163 e. The number of phenols is 1. The molecule has 36 heavy (non-hydrogen) atoms. The van der Waals surface area contributed by atoms with Crippen LogP contribution in [-0.2, 0) is 4.79 Å². The number of nitrogens with one attached hydrogen (secondary N) is 2. The Morgan fingerprint density at radius 1 is 1.11 bits per heavy atom. The summed E-state index contributed by atoms with van der Waals surface area (Å²) >= 11 is 0. The number of phenolic OH excluding ortho intramolecular Hbond substituents is 1. The molecule has 5 heteroatoms. The van der Waals surface area contributed by atoms with Crippen LogP contribution >= 0.6 is 0 Å². The van der Waals surface area contributed by atoms with E-state index in [9.17, 15) is 9.90 Å². The standard InChI is InChI=1S/C29H32N2O3.C2H6/c1-18-14-20(34-17-19-8-5-4-6-9-19)12-13-21(18)27-26-23(15-29(2,3)16-25(26)33)31-28-22(30-27)10-7-11-24(28)32;1-2/h5,7-14,27,30-32H,4,6,15-17H2,1-3H3;1-2H3. The second-order valence-electron chi connectivity index (χ2n) is 10.3. The van der Waals surface area contributed by atoms with Crippen LogP contribution in [-0.4, -0.2) is 17.5 Å². The first kappa shape index (κ1) is 25.6. The van der Waals surface area contributed by atoms with Crippen molar-refractivity contribution in [3.05, 3.63) is 82.6 Å². The Morgan fingerprint density at radius 2 is 1.92 bits per heavy atom. The summed E-state index contributed by atoms with van der Waals surface area (Å²) in [5.41, 5.74) is 6.18. The lowest BCUT2D eigenvalue weighted by Crippen LogP contribution is -2.31. The molecule has 3 aliphatic rings. The highest BCUT2D eigenvalue weighted by Crippen LogP contribution is 2.47. The van der Waals surface area contributed by atoms with Gasteiger partial charge in [0.05, 0.1) is 11.7 Å². The van der Waals surface area contributed by atoms with Crippen LogP contribution in [0.2, 0.25) is 0 Å². The van der Waals surface area contributed by atoms with Crippen LogP contribution in [0.3, 0.4) is 0 Å². The molecular formula is C31H38N2O3. The van der Waals surface area contributed by atoms with Crippen LogP contribution in [0.4, 0.5) is 11.4 Å². The van der Waals surface area contributed by atoms with E-state index in [2.05, 4.69) is 55.7 Å². The van der Waals surface area contributed by atoms with Gasteiger partial charge in [-0.1, -0.05) is 58.1 Å². The van der Waals surface area contributed by atoms with Crippen molar-refractivity contribution in [2.75, 3.05) is 17.2 Å². The second-order valence-corrected chi connectivity index (χ2v) is 10.3. The number of carbonyl (C=O) groups is 1. The van der Waals surface area contributed by atoms with Gasteiger partial charge in [0.15, 0.2) is 5.78 Å². The summed E-state index contributed by atoms with van der Waals surface area (Å²) in [6, 6.07) is 11.2. The van der Waals surface area contributed by atoms with Gasteiger partial charge in [0.1, 0.15) is 23.8 Å². The average molecular weight is 487 g/mol. The molecule has 1 atom stereocenters. The number of para-hydroxylation sites is 1. The monoisotopic (exact) mass is 486 g/mol. The summed E-state index contributed by atoms with van der Waals surface area (Å²) in [5.74, 6) is 1.12. The first-order chi connectivity index (χ1) is 17.3. The van der Waals surface area contributed by atoms with Crippen molar-refractivity contribution in [1.29, 1.82) is 0 Å². The maximum absolute atomic E-state index is 13.4. The fourth-order valence-electron chi connectivity index (χ4n) is 5.19. The number of benzene rings is 2. The average Bonchev–Trinajstić information content (AvgIpc) is 3.01. The fraction of sp³-hybridized carbons (Fsp3) is 0.387. The van der Waals surface area contributed by atoms with E-state index in [1.807, 2.05) is 38.1 Å². The van der Waals surface area contributed by atoms with E-state index in [1.54, 1.807) is 6.07 Å². The molecule has 3 N–H and O–H groups in total. The van der Waals surface area contributed by atoms with Crippen molar-refractivity contribution in [1.82, 2.24) is 0 Å². The third kappa shape index (κ3) is 5.35. The van der Waals surface area contributed by atoms with Gasteiger partial charge >= 0.3 is 0 Å². The van der Waals surface area contributed by atoms with Gasteiger partial charge < -0.3 is 20.5 Å². The Kier molecular flexibility index (Phi) is 7.58. The molecule has 0 fully saturated rings. The van der Waals surface area contributed by atoms with Crippen LogP contribution < -0.4 is 15.4 Å². The third-order valence-electron chi connectivity index (χ3n) is 6.86. The number of carbonyl (C=O) groups excluding carboxylic acids is 1. The molecule has 0 bridgehead atoms. The van der Waals surface area contributed by atoms with E-state index in [4.69, 9.17) is 4.74 Å². The number of aromatic hydroxyl groups is 1. The molecule has 5 nitrogen and oxygen atoms in total. The van der Waals surface area contributed by atoms with E-state index < -0.39 is 0 Å². The highest BCUT2D eigenvalue weighted by atomic mass is 16.5. The number of hydrogen-bond donors (Lipinski definition) is 3. The molecule has 0 saturated heterocycles. The number of Topliss-reactive ketones (excluding diaryl/α,β-unsaturated/α-hetero) is 1. The SMILES string of the molecule is CC.Cc1cc(OCC2=CCCC=C2)ccc1C1Nc2cccc(O)c2NC2=C1C(=O)CC(C)(C)C2. The predicted molar refractivity (Wildman–Crippen MR) is 148 cm³/mol. The molecular weight excluding hydrogens is 448 g/mol. The summed E-state index contributed by atoms with van der Waals surface area (Å²) in [4.78, 5) is 13.4. The number of aryl methyl sites for hydroxylation is 1. The van der Waals surface area contributed by atoms with E-state index >= 15 is 0 Å². The van der Waals surface area contributed by atoms with Crippen molar-refractivity contribution in [2.45, 2.75) is 66.3 Å². The molecule has 1 aliphatic heterocycles. The van der Waals surface area contributed by atoms with Gasteiger partial charge in [-0.05, 0) is 72.6 Å². The summed E-state index contributed by atoms with van der Waals surface area (Å²) in [5, 5.41) is 17.5. The van der Waals surface area contributed by atoms with Crippen LogP contribution in [0.5, 0.6) is 11.5 Å². The minimum Gasteiger partial charge on any atom is -0.506 e. The lowest BCUT2D eigenvalue weighted by atomic mass is 9.73. The molecule has 2 aromatic rings. The number of allylic oxidation sites excluding steroid dienone is 3. The molecule has 0 radical (unpaired) electrons. The van der Waals surface area contributed by atoms with Gasteiger partial charge in [-0.15, -0.1) is 0 Å². The molecule has 190 valence electrons. The zero-order valence-electron chi connectivity index (χ0n) is 22.1. The van der Waals surface area contributed by atoms with E-state index in [0.717, 1.165) is 53.1 Å². The summed E-state index contributed by atoms with van der Waals surface area (Å²) < 4.78 is 6.06. The van der Waals surface area contributed by atoms with Crippen molar-refractivity contribution in [3.63, 3.8) is 0 Å². The largest absolute Gasteiger partial charge is 0.506 e. The quantitative estimate of drug-likeness (QED) is 0.388. The Labute approximate surface area is 215 Å². The predicted octanol–water partition coefficient (Wildman–Crippen LogP) is 7.60. The molecule has 0 spiro atoms. The van der Waals surface area contributed by atoms with Crippen LogP contribution in [0.25, 0.3) is 0 Å². The minimum atomic E-state index is -0.313. The van der Waals surface area contributed by atoms with Crippen molar-refractivity contribution in [3.8, 4) is 11.5 Å². The van der Waals surface area contributed by atoms with Gasteiger partial charge in [-0.25, -0.2) is 0 Å². The van der Waals surface area contributed by atoms with Crippen LogP contribution in [0.1, 0.15) is 70.5 Å². The lowest BCUT2D eigenvalue weighted by molar-refractivity contribution is -0.118. The first-order valence-electron chi connectivity index (χ1n) is 13.0. The van der Waals surface area contributed by atoms with Gasteiger partial charge in [0.2, 0.25) is 0 Å². The van der Waals surface area contributed by atoms with E-state index in [0.29, 0.717) is 18.7 Å². The van der Waals surface area contributed by atoms with E-state index in [1.165, 1.54) is 5.57 Å². The number of ketones is 1. The Hall–Kier alpha value is -3.47. The summed E-state index contributed by atoms with van der Waals surface area (Å²) in [6.07, 6.45) is 9.93. The molecule has 2 aliphatic carbocycles. The zero-order valence-corrected chi connectivity index (χ0v) is 22.1. The number of hydrogen-bond acceptors (Lipinski definition) is 5. The second kappa shape index (κ2) is 10.7. The van der Waals surface area contributed by atoms with Crippen molar-refractivity contribution >= 4 is 17.2 Å². The molecule has 0 saturated carbocycles. The number of rotatable bonds is 4. The van der Waals surface area contributed by atoms with Crippen LogP contribution in [0.15, 0.2) is 71.5 Å². The molecule has 2 aromatic carbocycles. The smallest absolute Gasteiger partial charge is 0.163 e. The Bertz CT molecular complexity index is 1240. The molecule has 1 heterocycles. The Balaban J connectivity index is 0.00000148. The first-order valence-corrected chi connectivity index (χ1v) is 13.0. The van der Waals surface area contributed by atoms with Crippen molar-refractivity contribution < 1.29 is 14.6 Å². The normalized spacial score (nSPS) is 20.0. The maximum atomic E-state index is 13.4.